The fourth-order valence-corrected chi connectivity index (χ4v) is 3.25. The smallest absolute Gasteiger partial charge is 0.229 e. The Hall–Kier alpha value is -3.11. The van der Waals surface area contributed by atoms with Crippen molar-refractivity contribution in [1.29, 1.82) is 0 Å². The highest BCUT2D eigenvalue weighted by Gasteiger charge is 2.13. The molecule has 0 bridgehead atoms. The predicted octanol–water partition coefficient (Wildman–Crippen LogP) is 4.44. The topological polar surface area (TPSA) is 105 Å². The van der Waals surface area contributed by atoms with E-state index in [-0.39, 0.29) is 28.2 Å². The normalized spacial score (nSPS) is 11.1. The van der Waals surface area contributed by atoms with Crippen molar-refractivity contribution in [3.8, 4) is 5.75 Å². The fourth-order valence-electron chi connectivity index (χ4n) is 2.54. The van der Waals surface area contributed by atoms with Crippen LogP contribution in [0.25, 0.3) is 0 Å². The quantitative estimate of drug-likeness (QED) is 0.487. The van der Waals surface area contributed by atoms with Crippen molar-refractivity contribution in [2.75, 3.05) is 28.7 Å². The van der Waals surface area contributed by atoms with Crippen molar-refractivity contribution >= 4 is 50.5 Å². The minimum absolute atomic E-state index is 0.109. The molecule has 0 radical (unpaired) electrons. The number of benzene rings is 2. The van der Waals surface area contributed by atoms with Crippen LogP contribution >= 0.6 is 11.6 Å². The monoisotopic (exact) mass is 451 g/mol. The number of nitrogens with one attached hydrogen (secondary N) is 3. The summed E-state index contributed by atoms with van der Waals surface area (Å²) < 4.78 is 45.0. The first-order chi connectivity index (χ1) is 14.1. The minimum atomic E-state index is -3.55. The van der Waals surface area contributed by atoms with Gasteiger partial charge >= 0.3 is 0 Å². The number of nitrogens with zero attached hydrogens (tertiary/aromatic N) is 2. The summed E-state index contributed by atoms with van der Waals surface area (Å²) in [5.41, 5.74) is 1.70. The second-order valence-corrected chi connectivity index (χ2v) is 8.56. The van der Waals surface area contributed by atoms with E-state index in [0.29, 0.717) is 11.4 Å². The van der Waals surface area contributed by atoms with Crippen LogP contribution in [0.15, 0.2) is 42.6 Å². The van der Waals surface area contributed by atoms with Gasteiger partial charge in [0.15, 0.2) is 5.82 Å². The molecule has 0 spiro atoms. The summed E-state index contributed by atoms with van der Waals surface area (Å²) in [6.45, 7) is 1.83. The molecule has 11 heteroatoms. The lowest BCUT2D eigenvalue weighted by Crippen LogP contribution is -2.11. The maximum atomic E-state index is 14.0. The second kappa shape index (κ2) is 8.72. The Kier molecular flexibility index (Phi) is 6.28. The Balaban J connectivity index is 1.93. The Morgan fingerprint density at radius 1 is 1.07 bits per heavy atom. The molecular formula is C19H19ClFN5O3S. The van der Waals surface area contributed by atoms with Crippen LogP contribution < -0.4 is 20.1 Å². The van der Waals surface area contributed by atoms with Gasteiger partial charge in [-0.1, -0.05) is 17.7 Å². The van der Waals surface area contributed by atoms with Crippen LogP contribution in [-0.4, -0.2) is 31.8 Å². The van der Waals surface area contributed by atoms with E-state index in [2.05, 4.69) is 25.3 Å². The number of ether oxygens (including phenoxy) is 1. The van der Waals surface area contributed by atoms with Gasteiger partial charge < -0.3 is 15.4 Å². The van der Waals surface area contributed by atoms with E-state index in [9.17, 15) is 12.8 Å². The molecule has 0 aliphatic rings. The summed E-state index contributed by atoms with van der Waals surface area (Å²) in [6.07, 6.45) is 2.38. The highest BCUT2D eigenvalue weighted by Crippen LogP contribution is 2.32. The van der Waals surface area contributed by atoms with E-state index in [1.165, 1.54) is 25.4 Å². The van der Waals surface area contributed by atoms with Crippen LogP contribution in [0, 0.1) is 12.7 Å². The summed E-state index contributed by atoms with van der Waals surface area (Å²) in [6, 6.07) is 9.38. The number of aryl methyl sites for hydroxylation is 1. The predicted molar refractivity (Wildman–Crippen MR) is 116 cm³/mol. The third kappa shape index (κ3) is 5.49. The van der Waals surface area contributed by atoms with Crippen LogP contribution in [0.2, 0.25) is 5.02 Å². The van der Waals surface area contributed by atoms with Gasteiger partial charge in [0.2, 0.25) is 16.0 Å². The molecule has 1 heterocycles. The zero-order valence-electron chi connectivity index (χ0n) is 16.3. The lowest BCUT2D eigenvalue weighted by atomic mass is 10.2. The van der Waals surface area contributed by atoms with Crippen LogP contribution in [0.4, 0.5) is 33.2 Å². The Labute approximate surface area is 178 Å². The first-order valence-electron chi connectivity index (χ1n) is 8.63. The number of halogens is 2. The van der Waals surface area contributed by atoms with Gasteiger partial charge in [-0.3, -0.25) is 4.72 Å². The minimum Gasteiger partial charge on any atom is -0.497 e. The van der Waals surface area contributed by atoms with Crippen molar-refractivity contribution in [3.63, 3.8) is 0 Å². The van der Waals surface area contributed by atoms with Crippen LogP contribution in [0.1, 0.15) is 5.56 Å². The lowest BCUT2D eigenvalue weighted by Gasteiger charge is -2.15. The largest absolute Gasteiger partial charge is 0.497 e. The number of anilines is 5. The molecule has 0 saturated carbocycles. The van der Waals surface area contributed by atoms with Gasteiger partial charge in [-0.2, -0.15) is 4.98 Å². The molecule has 0 unspecified atom stereocenters. The molecule has 0 aliphatic carbocycles. The molecule has 2 aromatic carbocycles. The molecule has 158 valence electrons. The molecule has 0 fully saturated rings. The van der Waals surface area contributed by atoms with Crippen LogP contribution in [-0.2, 0) is 10.0 Å². The summed E-state index contributed by atoms with van der Waals surface area (Å²) in [4.78, 5) is 8.34. The van der Waals surface area contributed by atoms with E-state index < -0.39 is 15.8 Å². The van der Waals surface area contributed by atoms with Crippen molar-refractivity contribution in [2.24, 2.45) is 0 Å². The van der Waals surface area contributed by atoms with E-state index in [1.807, 2.05) is 6.92 Å². The van der Waals surface area contributed by atoms with Gasteiger partial charge in [-0.05, 0) is 36.8 Å². The summed E-state index contributed by atoms with van der Waals surface area (Å²) in [5, 5.41) is 5.96. The van der Waals surface area contributed by atoms with E-state index in [1.54, 1.807) is 24.3 Å². The molecule has 3 N–H and O–H groups in total. The van der Waals surface area contributed by atoms with Crippen molar-refractivity contribution < 1.29 is 17.5 Å². The SMILES string of the molecule is COc1ccc(Nc2nc(Nc3cc(C)ccc3F)ncc2Cl)c(NS(C)(=O)=O)c1. The van der Waals surface area contributed by atoms with Crippen LogP contribution in [0.5, 0.6) is 5.75 Å². The molecule has 0 atom stereocenters. The van der Waals surface area contributed by atoms with Crippen molar-refractivity contribution in [1.82, 2.24) is 9.97 Å². The van der Waals surface area contributed by atoms with Crippen LogP contribution in [0.3, 0.4) is 0 Å². The molecule has 0 aliphatic heterocycles. The average Bonchev–Trinajstić information content (AvgIpc) is 2.67. The maximum absolute atomic E-state index is 14.0. The third-order valence-corrected chi connectivity index (χ3v) is 4.75. The summed E-state index contributed by atoms with van der Waals surface area (Å²) >= 11 is 6.20. The highest BCUT2D eigenvalue weighted by atomic mass is 35.5. The van der Waals surface area contributed by atoms with Crippen molar-refractivity contribution in [2.45, 2.75) is 6.92 Å². The maximum Gasteiger partial charge on any atom is 0.229 e. The van der Waals surface area contributed by atoms with Gasteiger partial charge in [0.05, 0.1) is 36.6 Å². The highest BCUT2D eigenvalue weighted by molar-refractivity contribution is 7.92. The van der Waals surface area contributed by atoms with Crippen molar-refractivity contribution in [3.05, 3.63) is 59.0 Å². The number of aromatic nitrogens is 2. The summed E-state index contributed by atoms with van der Waals surface area (Å²) in [7, 11) is -2.08. The first-order valence-corrected chi connectivity index (χ1v) is 10.9. The van der Waals surface area contributed by atoms with E-state index in [4.69, 9.17) is 16.3 Å². The molecule has 0 saturated heterocycles. The van der Waals surface area contributed by atoms with Gasteiger partial charge in [-0.25, -0.2) is 17.8 Å². The number of methoxy groups -OCH3 is 1. The van der Waals surface area contributed by atoms with Gasteiger partial charge in [0.1, 0.15) is 16.6 Å². The first kappa shape index (κ1) is 21.6. The molecule has 3 rings (SSSR count). The molecule has 3 aromatic rings. The summed E-state index contributed by atoms with van der Waals surface area (Å²) in [5.74, 6) is 0.308. The zero-order valence-corrected chi connectivity index (χ0v) is 17.9. The van der Waals surface area contributed by atoms with Gasteiger partial charge in [0, 0.05) is 6.07 Å². The molecule has 0 amide bonds. The lowest BCUT2D eigenvalue weighted by molar-refractivity contribution is 0.415. The number of sulfonamides is 1. The van der Waals surface area contributed by atoms with Gasteiger partial charge in [-0.15, -0.1) is 0 Å². The number of rotatable bonds is 7. The average molecular weight is 452 g/mol. The molecule has 1 aromatic heterocycles. The third-order valence-electron chi connectivity index (χ3n) is 3.89. The van der Waals surface area contributed by atoms with Gasteiger partial charge in [0.25, 0.3) is 0 Å². The van der Waals surface area contributed by atoms with E-state index in [0.717, 1.165) is 11.8 Å². The molecular weight excluding hydrogens is 433 g/mol. The Morgan fingerprint density at radius 3 is 2.53 bits per heavy atom. The Bertz CT molecular complexity index is 1190. The Morgan fingerprint density at radius 2 is 1.83 bits per heavy atom. The van der Waals surface area contributed by atoms with E-state index >= 15 is 0 Å². The standard InChI is InChI=1S/C19H19ClFN5O3S/c1-11-4-6-14(21)16(8-11)24-19-22-10-13(20)18(25-19)23-15-7-5-12(29-2)9-17(15)26-30(3,27)28/h4-10,26H,1-3H3,(H2,22,23,24,25). The molecule has 8 nitrogen and oxygen atoms in total. The zero-order chi connectivity index (χ0) is 21.9. The second-order valence-electron chi connectivity index (χ2n) is 6.41. The number of hydrogen-bond donors (Lipinski definition) is 3. The number of hydrogen-bond acceptors (Lipinski definition) is 7. The fraction of sp³-hybridized carbons (Fsp3) is 0.158. The molecule has 30 heavy (non-hydrogen) atoms.